The molecule has 0 saturated carbocycles. The first-order valence-corrected chi connectivity index (χ1v) is 5.16. The second-order valence-electron chi connectivity index (χ2n) is 4.26. The first-order chi connectivity index (χ1) is 6.76. The molecule has 0 unspecified atom stereocenters. The molecule has 0 bridgehead atoms. The van der Waals surface area contributed by atoms with Crippen LogP contribution in [0, 0.1) is 5.41 Å². The number of methoxy groups -OCH3 is 1. The van der Waals surface area contributed by atoms with Crippen molar-refractivity contribution in [1.82, 2.24) is 4.90 Å². The van der Waals surface area contributed by atoms with Crippen LogP contribution in [0.3, 0.4) is 0 Å². The van der Waals surface area contributed by atoms with Crippen molar-refractivity contribution >= 4 is 6.09 Å². The Bertz CT molecular complexity index is 213. The van der Waals surface area contributed by atoms with Crippen LogP contribution in [0.1, 0.15) is 19.3 Å². The molecule has 4 nitrogen and oxygen atoms in total. The Morgan fingerprint density at radius 3 is 2.57 bits per heavy atom. The maximum absolute atomic E-state index is 11.2. The number of amides is 1. The Kier molecular flexibility index (Phi) is 2.63. The minimum atomic E-state index is -0.196. The van der Waals surface area contributed by atoms with Gasteiger partial charge in [-0.15, -0.1) is 0 Å². The Morgan fingerprint density at radius 2 is 2.07 bits per heavy atom. The Labute approximate surface area is 84.2 Å². The van der Waals surface area contributed by atoms with E-state index >= 15 is 0 Å². The van der Waals surface area contributed by atoms with Crippen LogP contribution in [0.2, 0.25) is 0 Å². The zero-order chi connectivity index (χ0) is 10.0. The van der Waals surface area contributed by atoms with E-state index in [0.29, 0.717) is 5.41 Å². The number of ether oxygens (including phenoxy) is 2. The lowest BCUT2D eigenvalue weighted by Gasteiger charge is -2.37. The van der Waals surface area contributed by atoms with Gasteiger partial charge in [0, 0.05) is 19.7 Å². The third kappa shape index (κ3) is 1.71. The van der Waals surface area contributed by atoms with Crippen LogP contribution < -0.4 is 0 Å². The van der Waals surface area contributed by atoms with E-state index in [1.54, 1.807) is 4.90 Å². The third-order valence-electron chi connectivity index (χ3n) is 3.44. The van der Waals surface area contributed by atoms with Crippen molar-refractivity contribution in [3.05, 3.63) is 0 Å². The normalized spacial score (nSPS) is 25.4. The highest BCUT2D eigenvalue weighted by Gasteiger charge is 2.39. The lowest BCUT2D eigenvalue weighted by atomic mass is 9.78. The van der Waals surface area contributed by atoms with Gasteiger partial charge in [0.25, 0.3) is 0 Å². The third-order valence-corrected chi connectivity index (χ3v) is 3.44. The van der Waals surface area contributed by atoms with Gasteiger partial charge in [-0.2, -0.15) is 0 Å². The summed E-state index contributed by atoms with van der Waals surface area (Å²) in [5.41, 5.74) is 0.366. The van der Waals surface area contributed by atoms with Crippen molar-refractivity contribution in [2.24, 2.45) is 5.41 Å². The van der Waals surface area contributed by atoms with Gasteiger partial charge in [0.1, 0.15) is 0 Å². The monoisotopic (exact) mass is 199 g/mol. The summed E-state index contributed by atoms with van der Waals surface area (Å²) < 4.78 is 10.1. The van der Waals surface area contributed by atoms with E-state index in [0.717, 1.165) is 45.6 Å². The minimum Gasteiger partial charge on any atom is -0.453 e. The second-order valence-corrected chi connectivity index (χ2v) is 4.26. The van der Waals surface area contributed by atoms with Crippen molar-refractivity contribution in [2.75, 3.05) is 33.4 Å². The molecule has 2 aliphatic rings. The topological polar surface area (TPSA) is 38.8 Å². The molecule has 0 atom stereocenters. The highest BCUT2D eigenvalue weighted by Crippen LogP contribution is 2.38. The van der Waals surface area contributed by atoms with E-state index in [1.807, 2.05) is 0 Å². The first-order valence-electron chi connectivity index (χ1n) is 5.16. The van der Waals surface area contributed by atoms with Crippen LogP contribution in [0.5, 0.6) is 0 Å². The van der Waals surface area contributed by atoms with Crippen LogP contribution in [-0.2, 0) is 9.47 Å². The smallest absolute Gasteiger partial charge is 0.409 e. The van der Waals surface area contributed by atoms with E-state index in [4.69, 9.17) is 9.47 Å². The van der Waals surface area contributed by atoms with Gasteiger partial charge in [0.15, 0.2) is 0 Å². The SMILES string of the molecule is COC(=O)N1CCC2(CCOC2)CC1. The summed E-state index contributed by atoms with van der Waals surface area (Å²) in [6.45, 7) is 3.40. The summed E-state index contributed by atoms with van der Waals surface area (Å²) in [6.07, 6.45) is 3.07. The van der Waals surface area contributed by atoms with Gasteiger partial charge in [-0.25, -0.2) is 4.79 Å². The highest BCUT2D eigenvalue weighted by atomic mass is 16.5. The van der Waals surface area contributed by atoms with E-state index in [-0.39, 0.29) is 6.09 Å². The Hall–Kier alpha value is -0.770. The largest absolute Gasteiger partial charge is 0.453 e. The van der Waals surface area contributed by atoms with Crippen molar-refractivity contribution in [3.63, 3.8) is 0 Å². The summed E-state index contributed by atoms with van der Waals surface area (Å²) in [5.74, 6) is 0. The molecule has 2 aliphatic heterocycles. The van der Waals surface area contributed by atoms with Gasteiger partial charge in [0.05, 0.1) is 13.7 Å². The molecule has 1 spiro atoms. The standard InChI is InChI=1S/C10H17NO3/c1-13-9(12)11-5-2-10(3-6-11)4-7-14-8-10/h2-8H2,1H3. The first kappa shape index (κ1) is 9.77. The lowest BCUT2D eigenvalue weighted by Crippen LogP contribution is -2.43. The maximum Gasteiger partial charge on any atom is 0.409 e. The molecule has 0 aromatic rings. The van der Waals surface area contributed by atoms with Crippen molar-refractivity contribution < 1.29 is 14.3 Å². The predicted octanol–water partition coefficient (Wildman–Crippen LogP) is 1.26. The van der Waals surface area contributed by atoms with Gasteiger partial charge in [-0.05, 0) is 24.7 Å². The van der Waals surface area contributed by atoms with E-state index < -0.39 is 0 Å². The molecule has 0 aliphatic carbocycles. The zero-order valence-electron chi connectivity index (χ0n) is 8.62. The number of carbonyl (C=O) groups excluding carboxylic acids is 1. The molecule has 0 radical (unpaired) electrons. The van der Waals surface area contributed by atoms with Crippen LogP contribution in [-0.4, -0.2) is 44.4 Å². The van der Waals surface area contributed by atoms with Crippen molar-refractivity contribution in [3.8, 4) is 0 Å². The quantitative estimate of drug-likeness (QED) is 0.589. The number of likely N-dealkylation sites (tertiary alicyclic amines) is 1. The van der Waals surface area contributed by atoms with Gasteiger partial charge in [-0.3, -0.25) is 0 Å². The fourth-order valence-electron chi connectivity index (χ4n) is 2.34. The molecule has 0 N–H and O–H groups in total. The van der Waals surface area contributed by atoms with E-state index in [1.165, 1.54) is 7.11 Å². The lowest BCUT2D eigenvalue weighted by molar-refractivity contribution is 0.0667. The number of hydrogen-bond donors (Lipinski definition) is 0. The number of rotatable bonds is 0. The molecule has 80 valence electrons. The number of carbonyl (C=O) groups is 1. The summed E-state index contributed by atoms with van der Waals surface area (Å²) in [7, 11) is 1.44. The molecule has 0 aromatic carbocycles. The molecule has 14 heavy (non-hydrogen) atoms. The fraction of sp³-hybridized carbons (Fsp3) is 0.900. The van der Waals surface area contributed by atoms with Crippen molar-refractivity contribution in [2.45, 2.75) is 19.3 Å². The van der Waals surface area contributed by atoms with Crippen LogP contribution in [0.15, 0.2) is 0 Å². The van der Waals surface area contributed by atoms with E-state index in [2.05, 4.69) is 0 Å². The van der Waals surface area contributed by atoms with Crippen LogP contribution in [0.25, 0.3) is 0 Å². The molecule has 2 saturated heterocycles. The maximum atomic E-state index is 11.2. The number of hydrogen-bond acceptors (Lipinski definition) is 3. The molecule has 0 aromatic heterocycles. The molecular weight excluding hydrogens is 182 g/mol. The van der Waals surface area contributed by atoms with Crippen LogP contribution in [0.4, 0.5) is 4.79 Å². The Morgan fingerprint density at radius 1 is 1.36 bits per heavy atom. The van der Waals surface area contributed by atoms with Gasteiger partial charge in [-0.1, -0.05) is 0 Å². The summed E-state index contributed by atoms with van der Waals surface area (Å²) in [6, 6.07) is 0. The molecular formula is C10H17NO3. The average Bonchev–Trinajstić information content (AvgIpc) is 2.67. The van der Waals surface area contributed by atoms with E-state index in [9.17, 15) is 4.79 Å². The van der Waals surface area contributed by atoms with Gasteiger partial charge >= 0.3 is 6.09 Å². The summed E-state index contributed by atoms with van der Waals surface area (Å²) >= 11 is 0. The molecule has 2 fully saturated rings. The average molecular weight is 199 g/mol. The van der Waals surface area contributed by atoms with Crippen LogP contribution >= 0.6 is 0 Å². The molecule has 1 amide bonds. The Balaban J connectivity index is 1.88. The minimum absolute atomic E-state index is 0.196. The molecule has 2 rings (SSSR count). The predicted molar refractivity (Wildman–Crippen MR) is 51.1 cm³/mol. The fourth-order valence-corrected chi connectivity index (χ4v) is 2.34. The summed E-state index contributed by atoms with van der Waals surface area (Å²) in [4.78, 5) is 13.0. The molecule has 4 heteroatoms. The summed E-state index contributed by atoms with van der Waals surface area (Å²) in [5, 5.41) is 0. The zero-order valence-corrected chi connectivity index (χ0v) is 8.62. The van der Waals surface area contributed by atoms with Gasteiger partial charge in [0.2, 0.25) is 0 Å². The van der Waals surface area contributed by atoms with Gasteiger partial charge < -0.3 is 14.4 Å². The number of nitrogens with zero attached hydrogens (tertiary/aromatic N) is 1. The number of piperidine rings is 1. The van der Waals surface area contributed by atoms with Crippen molar-refractivity contribution in [1.29, 1.82) is 0 Å². The molecule has 2 heterocycles. The highest BCUT2D eigenvalue weighted by molar-refractivity contribution is 5.67. The second kappa shape index (κ2) is 3.77.